The van der Waals surface area contributed by atoms with Crippen molar-refractivity contribution < 1.29 is 14.3 Å². The number of thioether (sulfide) groups is 1. The summed E-state index contributed by atoms with van der Waals surface area (Å²) in [4.78, 5) is 16.5. The summed E-state index contributed by atoms with van der Waals surface area (Å²) in [5.41, 5.74) is 1.47. The van der Waals surface area contributed by atoms with E-state index in [1.54, 1.807) is 49.3 Å². The standard InChI is InChI=1S/C19H20N2O3S/c1-4-10-24-17-11-14(6-7-16(17)23-3)13-21-19(22)15-8-9-20-18(12-15)25-5-2/h1,6-9,11-12H,5,10,13H2,2-3H3,(H,21,22). The fourth-order valence-electron chi connectivity index (χ4n) is 2.13. The van der Waals surface area contributed by atoms with Crippen LogP contribution in [0.3, 0.4) is 0 Å². The number of methoxy groups -OCH3 is 1. The number of hydrogen-bond acceptors (Lipinski definition) is 5. The highest BCUT2D eigenvalue weighted by Gasteiger charge is 2.09. The Morgan fingerprint density at radius 3 is 2.88 bits per heavy atom. The molecule has 5 nitrogen and oxygen atoms in total. The molecular formula is C19H20N2O3S. The van der Waals surface area contributed by atoms with Gasteiger partial charge in [0.05, 0.1) is 12.1 Å². The van der Waals surface area contributed by atoms with Crippen LogP contribution in [0.25, 0.3) is 0 Å². The fraction of sp³-hybridized carbons (Fsp3) is 0.263. The molecule has 0 aliphatic heterocycles. The molecule has 0 aliphatic carbocycles. The highest BCUT2D eigenvalue weighted by molar-refractivity contribution is 7.99. The Morgan fingerprint density at radius 2 is 2.16 bits per heavy atom. The first-order valence-electron chi connectivity index (χ1n) is 7.78. The summed E-state index contributed by atoms with van der Waals surface area (Å²) in [5.74, 6) is 4.33. The van der Waals surface area contributed by atoms with Crippen LogP contribution in [0.1, 0.15) is 22.8 Å². The third-order valence-electron chi connectivity index (χ3n) is 3.28. The molecule has 0 atom stereocenters. The second-order valence-electron chi connectivity index (χ2n) is 4.98. The average molecular weight is 356 g/mol. The number of hydrogen-bond donors (Lipinski definition) is 1. The molecule has 2 rings (SSSR count). The summed E-state index contributed by atoms with van der Waals surface area (Å²) in [6.07, 6.45) is 6.87. The molecule has 1 aromatic carbocycles. The van der Waals surface area contributed by atoms with Crippen molar-refractivity contribution >= 4 is 17.7 Å². The first kappa shape index (κ1) is 18.7. The van der Waals surface area contributed by atoms with Gasteiger partial charge in [0.25, 0.3) is 5.91 Å². The van der Waals surface area contributed by atoms with Gasteiger partial charge in [-0.15, -0.1) is 18.2 Å². The van der Waals surface area contributed by atoms with Gasteiger partial charge in [-0.05, 0) is 35.6 Å². The lowest BCUT2D eigenvalue weighted by Gasteiger charge is -2.11. The highest BCUT2D eigenvalue weighted by atomic mass is 32.2. The first-order chi connectivity index (χ1) is 12.2. The third-order valence-corrected chi connectivity index (χ3v) is 4.09. The predicted octanol–water partition coefficient (Wildman–Crippen LogP) is 3.14. The minimum Gasteiger partial charge on any atom is -0.493 e. The Bertz CT molecular complexity index is 772. The summed E-state index contributed by atoms with van der Waals surface area (Å²) in [6.45, 7) is 2.57. The summed E-state index contributed by atoms with van der Waals surface area (Å²) in [6, 6.07) is 8.95. The summed E-state index contributed by atoms with van der Waals surface area (Å²) < 4.78 is 10.7. The number of carbonyl (C=O) groups is 1. The van der Waals surface area contributed by atoms with E-state index in [0.717, 1.165) is 16.3 Å². The van der Waals surface area contributed by atoms with Gasteiger partial charge in [0.2, 0.25) is 0 Å². The van der Waals surface area contributed by atoms with Crippen LogP contribution in [0.2, 0.25) is 0 Å². The zero-order valence-electron chi connectivity index (χ0n) is 14.2. The summed E-state index contributed by atoms with van der Waals surface area (Å²) in [7, 11) is 1.56. The van der Waals surface area contributed by atoms with E-state index in [4.69, 9.17) is 15.9 Å². The lowest BCUT2D eigenvalue weighted by atomic mass is 10.2. The van der Waals surface area contributed by atoms with E-state index in [2.05, 4.69) is 16.2 Å². The SMILES string of the molecule is C#CCOc1cc(CNC(=O)c2ccnc(SCC)c2)ccc1OC. The largest absolute Gasteiger partial charge is 0.493 e. The minimum absolute atomic E-state index is 0.151. The van der Waals surface area contributed by atoms with Crippen LogP contribution in [0.5, 0.6) is 11.5 Å². The summed E-state index contributed by atoms with van der Waals surface area (Å²) in [5, 5.41) is 3.73. The lowest BCUT2D eigenvalue weighted by molar-refractivity contribution is 0.0950. The molecule has 6 heteroatoms. The minimum atomic E-state index is -0.151. The van der Waals surface area contributed by atoms with Gasteiger partial charge in [-0.2, -0.15) is 0 Å². The molecule has 0 spiro atoms. The van der Waals surface area contributed by atoms with Crippen molar-refractivity contribution in [2.24, 2.45) is 0 Å². The van der Waals surface area contributed by atoms with Crippen LogP contribution in [-0.2, 0) is 6.54 Å². The zero-order valence-corrected chi connectivity index (χ0v) is 15.1. The molecule has 0 aliphatic rings. The van der Waals surface area contributed by atoms with Crippen molar-refractivity contribution in [2.75, 3.05) is 19.5 Å². The van der Waals surface area contributed by atoms with Crippen LogP contribution >= 0.6 is 11.8 Å². The van der Waals surface area contributed by atoms with Gasteiger partial charge < -0.3 is 14.8 Å². The van der Waals surface area contributed by atoms with Crippen LogP contribution in [0.15, 0.2) is 41.6 Å². The Hall–Kier alpha value is -2.65. The number of terminal acetylenes is 1. The number of ether oxygens (including phenoxy) is 2. The molecule has 0 bridgehead atoms. The Kier molecular flexibility index (Phi) is 7.17. The highest BCUT2D eigenvalue weighted by Crippen LogP contribution is 2.28. The van der Waals surface area contributed by atoms with Crippen LogP contribution in [0.4, 0.5) is 0 Å². The second kappa shape index (κ2) is 9.60. The molecule has 25 heavy (non-hydrogen) atoms. The van der Waals surface area contributed by atoms with Gasteiger partial charge in [0, 0.05) is 18.3 Å². The molecule has 0 fully saturated rings. The van der Waals surface area contributed by atoms with Crippen LogP contribution in [-0.4, -0.2) is 30.4 Å². The van der Waals surface area contributed by atoms with E-state index < -0.39 is 0 Å². The first-order valence-corrected chi connectivity index (χ1v) is 8.76. The normalized spacial score (nSPS) is 9.96. The zero-order chi connectivity index (χ0) is 18.1. The smallest absolute Gasteiger partial charge is 0.251 e. The van der Waals surface area contributed by atoms with E-state index >= 15 is 0 Å². The lowest BCUT2D eigenvalue weighted by Crippen LogP contribution is -2.22. The third kappa shape index (κ3) is 5.44. The number of aromatic nitrogens is 1. The number of amides is 1. The van der Waals surface area contributed by atoms with E-state index in [1.807, 2.05) is 13.0 Å². The van der Waals surface area contributed by atoms with E-state index in [0.29, 0.717) is 23.6 Å². The van der Waals surface area contributed by atoms with Gasteiger partial charge in [0.1, 0.15) is 6.61 Å². The number of nitrogens with zero attached hydrogens (tertiary/aromatic N) is 1. The Labute approximate surface area is 152 Å². The Balaban J connectivity index is 2.04. The van der Waals surface area contributed by atoms with Crippen molar-refractivity contribution in [3.63, 3.8) is 0 Å². The van der Waals surface area contributed by atoms with Crippen molar-refractivity contribution in [2.45, 2.75) is 18.5 Å². The molecule has 0 saturated heterocycles. The molecule has 0 saturated carbocycles. The van der Waals surface area contributed by atoms with E-state index in [9.17, 15) is 4.79 Å². The molecule has 1 aromatic heterocycles. The Morgan fingerprint density at radius 1 is 1.32 bits per heavy atom. The predicted molar refractivity (Wildman–Crippen MR) is 99.1 cm³/mol. The maximum atomic E-state index is 12.3. The van der Waals surface area contributed by atoms with E-state index in [1.165, 1.54) is 0 Å². The molecule has 2 aromatic rings. The van der Waals surface area contributed by atoms with Gasteiger partial charge in [-0.25, -0.2) is 4.98 Å². The molecule has 0 radical (unpaired) electrons. The van der Waals surface area contributed by atoms with E-state index in [-0.39, 0.29) is 12.5 Å². The van der Waals surface area contributed by atoms with Crippen LogP contribution < -0.4 is 14.8 Å². The monoisotopic (exact) mass is 356 g/mol. The molecule has 1 heterocycles. The number of rotatable bonds is 8. The molecular weight excluding hydrogens is 336 g/mol. The van der Waals surface area contributed by atoms with Gasteiger partial charge in [0.15, 0.2) is 11.5 Å². The quantitative estimate of drug-likeness (QED) is 0.582. The maximum Gasteiger partial charge on any atom is 0.251 e. The number of carbonyl (C=O) groups excluding carboxylic acids is 1. The maximum absolute atomic E-state index is 12.3. The number of benzene rings is 1. The number of pyridine rings is 1. The summed E-state index contributed by atoms with van der Waals surface area (Å²) >= 11 is 1.60. The van der Waals surface area contributed by atoms with Crippen LogP contribution in [0, 0.1) is 12.3 Å². The van der Waals surface area contributed by atoms with Crippen molar-refractivity contribution in [1.29, 1.82) is 0 Å². The topological polar surface area (TPSA) is 60.5 Å². The van der Waals surface area contributed by atoms with Crippen molar-refractivity contribution in [1.82, 2.24) is 10.3 Å². The molecule has 1 amide bonds. The molecule has 0 unspecified atom stereocenters. The van der Waals surface area contributed by atoms with Crippen molar-refractivity contribution in [3.05, 3.63) is 47.7 Å². The van der Waals surface area contributed by atoms with Gasteiger partial charge >= 0.3 is 0 Å². The van der Waals surface area contributed by atoms with Gasteiger partial charge in [-0.3, -0.25) is 4.79 Å². The second-order valence-corrected chi connectivity index (χ2v) is 6.26. The van der Waals surface area contributed by atoms with Gasteiger partial charge in [-0.1, -0.05) is 18.9 Å². The fourth-order valence-corrected chi connectivity index (χ4v) is 2.77. The van der Waals surface area contributed by atoms with Crippen molar-refractivity contribution in [3.8, 4) is 23.8 Å². The average Bonchev–Trinajstić information content (AvgIpc) is 2.65. The number of nitrogens with one attached hydrogen (secondary N) is 1. The molecule has 130 valence electrons. The molecule has 1 N–H and O–H groups in total.